The number of benzene rings is 2. The monoisotopic (exact) mass is 485 g/mol. The highest BCUT2D eigenvalue weighted by Gasteiger charge is 2.49. The standard InChI is InChI=1S/C23H24BrN3O4/c1-31-20-10-6-5-9-18(20)25-21(28)14-26-19-12-11-15(24)13-17(19)22(29)27(23(26)30)16-7-3-2-4-8-16/h2-10,15,17,19H,11-14H2,1H3,(H,25,28). The van der Waals surface area contributed by atoms with Gasteiger partial charge in [-0.05, 0) is 43.5 Å². The lowest BCUT2D eigenvalue weighted by atomic mass is 9.81. The van der Waals surface area contributed by atoms with Crippen LogP contribution >= 0.6 is 15.9 Å². The van der Waals surface area contributed by atoms with Gasteiger partial charge in [0.05, 0.1) is 24.4 Å². The van der Waals surface area contributed by atoms with Crippen LogP contribution < -0.4 is 15.0 Å². The number of anilines is 2. The summed E-state index contributed by atoms with van der Waals surface area (Å²) >= 11 is 3.63. The van der Waals surface area contributed by atoms with Crippen LogP contribution in [-0.2, 0) is 9.59 Å². The Bertz CT molecular complexity index is 984. The number of methoxy groups -OCH3 is 1. The Morgan fingerprint density at radius 2 is 1.81 bits per heavy atom. The highest BCUT2D eigenvalue weighted by atomic mass is 79.9. The number of rotatable bonds is 5. The van der Waals surface area contributed by atoms with Gasteiger partial charge in [-0.2, -0.15) is 0 Å². The van der Waals surface area contributed by atoms with Gasteiger partial charge in [0, 0.05) is 10.9 Å². The number of amides is 4. The van der Waals surface area contributed by atoms with Gasteiger partial charge in [-0.25, -0.2) is 9.69 Å². The molecule has 162 valence electrons. The van der Waals surface area contributed by atoms with Crippen molar-refractivity contribution >= 4 is 45.2 Å². The first-order chi connectivity index (χ1) is 15.0. The largest absolute Gasteiger partial charge is 0.495 e. The topological polar surface area (TPSA) is 79.0 Å². The van der Waals surface area contributed by atoms with Crippen LogP contribution in [0.2, 0.25) is 0 Å². The summed E-state index contributed by atoms with van der Waals surface area (Å²) < 4.78 is 5.29. The van der Waals surface area contributed by atoms with Crippen LogP contribution in [0, 0.1) is 5.92 Å². The first-order valence-corrected chi connectivity index (χ1v) is 11.2. The van der Waals surface area contributed by atoms with E-state index in [0.717, 1.165) is 6.42 Å². The number of alkyl halides is 1. The SMILES string of the molecule is COc1ccccc1NC(=O)CN1C(=O)N(c2ccccc2)C(=O)C2CC(Br)CCC21. The predicted molar refractivity (Wildman–Crippen MR) is 121 cm³/mol. The molecule has 8 heteroatoms. The van der Waals surface area contributed by atoms with Crippen molar-refractivity contribution in [2.45, 2.75) is 30.1 Å². The van der Waals surface area contributed by atoms with E-state index in [2.05, 4.69) is 21.2 Å². The van der Waals surface area contributed by atoms with Crippen molar-refractivity contribution in [3.8, 4) is 5.75 Å². The molecule has 2 aromatic rings. The molecule has 3 unspecified atom stereocenters. The summed E-state index contributed by atoms with van der Waals surface area (Å²) in [6.45, 7) is -0.137. The second-order valence-electron chi connectivity index (χ2n) is 7.75. The summed E-state index contributed by atoms with van der Waals surface area (Å²) in [4.78, 5) is 42.5. The van der Waals surface area contributed by atoms with E-state index in [9.17, 15) is 14.4 Å². The van der Waals surface area contributed by atoms with E-state index in [1.54, 1.807) is 47.4 Å². The van der Waals surface area contributed by atoms with Crippen molar-refractivity contribution in [2.75, 3.05) is 23.9 Å². The third-order valence-electron chi connectivity index (χ3n) is 5.83. The Labute approximate surface area is 189 Å². The maximum absolute atomic E-state index is 13.4. The Morgan fingerprint density at radius 3 is 2.55 bits per heavy atom. The third-order valence-corrected chi connectivity index (χ3v) is 6.67. The molecule has 0 bridgehead atoms. The predicted octanol–water partition coefficient (Wildman–Crippen LogP) is 4.03. The summed E-state index contributed by atoms with van der Waals surface area (Å²) in [5.74, 6) is -0.346. The zero-order chi connectivity index (χ0) is 22.0. The van der Waals surface area contributed by atoms with E-state index in [4.69, 9.17) is 4.74 Å². The number of para-hydroxylation sites is 3. The lowest BCUT2D eigenvalue weighted by Gasteiger charge is -2.47. The van der Waals surface area contributed by atoms with Crippen molar-refractivity contribution in [3.05, 3.63) is 54.6 Å². The van der Waals surface area contributed by atoms with E-state index in [-0.39, 0.29) is 35.1 Å². The second-order valence-corrected chi connectivity index (χ2v) is 9.05. The van der Waals surface area contributed by atoms with Gasteiger partial charge in [0.25, 0.3) is 0 Å². The quantitative estimate of drug-likeness (QED) is 0.648. The molecule has 1 saturated carbocycles. The number of fused-ring (bicyclic) bond motifs is 1. The molecule has 4 amide bonds. The zero-order valence-corrected chi connectivity index (χ0v) is 18.7. The molecule has 31 heavy (non-hydrogen) atoms. The van der Waals surface area contributed by atoms with Crippen molar-refractivity contribution in [3.63, 3.8) is 0 Å². The average Bonchev–Trinajstić information content (AvgIpc) is 2.78. The summed E-state index contributed by atoms with van der Waals surface area (Å²) in [5, 5.41) is 2.83. The van der Waals surface area contributed by atoms with Crippen LogP contribution in [0.15, 0.2) is 54.6 Å². The molecule has 1 saturated heterocycles. The number of imide groups is 1. The van der Waals surface area contributed by atoms with Crippen molar-refractivity contribution in [2.24, 2.45) is 5.92 Å². The maximum atomic E-state index is 13.4. The van der Waals surface area contributed by atoms with Gasteiger partial charge in [-0.15, -0.1) is 0 Å². The molecule has 1 aliphatic carbocycles. The first kappa shape index (κ1) is 21.4. The van der Waals surface area contributed by atoms with E-state index in [1.807, 2.05) is 12.1 Å². The molecule has 2 aromatic carbocycles. The van der Waals surface area contributed by atoms with E-state index in [1.165, 1.54) is 12.0 Å². The van der Waals surface area contributed by atoms with Gasteiger partial charge in [-0.1, -0.05) is 46.3 Å². The average molecular weight is 486 g/mol. The maximum Gasteiger partial charge on any atom is 0.332 e. The van der Waals surface area contributed by atoms with Gasteiger partial charge in [-0.3, -0.25) is 9.59 Å². The smallest absolute Gasteiger partial charge is 0.332 e. The van der Waals surface area contributed by atoms with Crippen LogP contribution in [0.4, 0.5) is 16.2 Å². The number of nitrogens with zero attached hydrogens (tertiary/aromatic N) is 2. The Balaban J connectivity index is 1.60. The number of nitrogens with one attached hydrogen (secondary N) is 1. The van der Waals surface area contributed by atoms with Gasteiger partial charge < -0.3 is 15.0 Å². The van der Waals surface area contributed by atoms with Crippen LogP contribution in [0.3, 0.4) is 0 Å². The number of carbonyl (C=O) groups is 3. The lowest BCUT2D eigenvalue weighted by Crippen LogP contribution is -2.64. The number of urea groups is 1. The van der Waals surface area contributed by atoms with Crippen molar-refractivity contribution in [1.29, 1.82) is 0 Å². The van der Waals surface area contributed by atoms with Gasteiger partial charge >= 0.3 is 6.03 Å². The molecule has 3 atom stereocenters. The molecule has 2 aliphatic rings. The summed E-state index contributed by atoms with van der Waals surface area (Å²) in [7, 11) is 1.53. The van der Waals surface area contributed by atoms with Gasteiger partial charge in [0.15, 0.2) is 0 Å². The lowest BCUT2D eigenvalue weighted by molar-refractivity contribution is -0.128. The number of ether oxygens (including phenoxy) is 1. The molecular weight excluding hydrogens is 462 g/mol. The van der Waals surface area contributed by atoms with E-state index < -0.39 is 6.03 Å². The molecule has 1 aliphatic heterocycles. The number of halogens is 1. The molecule has 2 fully saturated rings. The van der Waals surface area contributed by atoms with Crippen molar-refractivity contribution in [1.82, 2.24) is 4.90 Å². The van der Waals surface area contributed by atoms with Gasteiger partial charge in [0.2, 0.25) is 11.8 Å². The number of carbonyl (C=O) groups excluding carboxylic acids is 3. The molecule has 1 N–H and O–H groups in total. The van der Waals surface area contributed by atoms with Gasteiger partial charge in [0.1, 0.15) is 12.3 Å². The minimum Gasteiger partial charge on any atom is -0.495 e. The third kappa shape index (κ3) is 4.30. The summed E-state index contributed by atoms with van der Waals surface area (Å²) in [6, 6.07) is 15.2. The minimum absolute atomic E-state index is 0.137. The van der Waals surface area contributed by atoms with Crippen LogP contribution in [-0.4, -0.2) is 47.3 Å². The molecule has 0 spiro atoms. The molecule has 7 nitrogen and oxygen atoms in total. The molecular formula is C23H24BrN3O4. The second kappa shape index (κ2) is 9.09. The van der Waals surface area contributed by atoms with Crippen LogP contribution in [0.25, 0.3) is 0 Å². The zero-order valence-electron chi connectivity index (χ0n) is 17.2. The Morgan fingerprint density at radius 1 is 1.10 bits per heavy atom. The summed E-state index contributed by atoms with van der Waals surface area (Å²) in [6.07, 6.45) is 2.14. The molecule has 0 aromatic heterocycles. The highest BCUT2D eigenvalue weighted by molar-refractivity contribution is 9.09. The minimum atomic E-state index is -0.458. The highest BCUT2D eigenvalue weighted by Crippen LogP contribution is 2.38. The molecule has 4 rings (SSSR count). The fraction of sp³-hybridized carbons (Fsp3) is 0.348. The number of hydrogen-bond acceptors (Lipinski definition) is 4. The Hall–Kier alpha value is -2.87. The fourth-order valence-electron chi connectivity index (χ4n) is 4.36. The van der Waals surface area contributed by atoms with Crippen LogP contribution in [0.5, 0.6) is 5.75 Å². The Kier molecular flexibility index (Phi) is 6.27. The van der Waals surface area contributed by atoms with Crippen LogP contribution in [0.1, 0.15) is 19.3 Å². The molecule has 1 heterocycles. The molecule has 0 radical (unpaired) electrons. The van der Waals surface area contributed by atoms with E-state index >= 15 is 0 Å². The number of hydrogen-bond donors (Lipinski definition) is 1. The van der Waals surface area contributed by atoms with Crippen molar-refractivity contribution < 1.29 is 19.1 Å². The van der Waals surface area contributed by atoms with E-state index in [0.29, 0.717) is 30.0 Å². The fourth-order valence-corrected chi connectivity index (χ4v) is 5.03. The normalized spacial score (nSPS) is 23.4. The first-order valence-electron chi connectivity index (χ1n) is 10.3. The summed E-state index contributed by atoms with van der Waals surface area (Å²) in [5.41, 5.74) is 1.05.